The fourth-order valence-corrected chi connectivity index (χ4v) is 9.37. The monoisotopic (exact) mass is 501 g/mol. The number of rotatable bonds is 8. The van der Waals surface area contributed by atoms with E-state index in [0.717, 1.165) is 41.4 Å². The van der Waals surface area contributed by atoms with Crippen molar-refractivity contribution >= 4 is 0 Å². The Bertz CT molecular complexity index is 638. The fraction of sp³-hybridized carbons (Fsp3) is 0.944. The van der Waals surface area contributed by atoms with Crippen LogP contribution >= 0.6 is 0 Å². The maximum atomic E-state index is 2.75. The van der Waals surface area contributed by atoms with Crippen LogP contribution < -0.4 is 0 Å². The van der Waals surface area contributed by atoms with Gasteiger partial charge in [0.15, 0.2) is 0 Å². The highest BCUT2D eigenvalue weighted by Crippen LogP contribution is 2.67. The van der Waals surface area contributed by atoms with E-state index in [4.69, 9.17) is 0 Å². The molecule has 0 aromatic carbocycles. The molecule has 0 saturated heterocycles. The molecule has 4 aliphatic rings. The summed E-state index contributed by atoms with van der Waals surface area (Å²) in [5.74, 6) is 6.73. The maximum Gasteiger partial charge on any atom is -0.00851 e. The molecule has 3 fully saturated rings. The minimum Gasteiger partial charge on any atom is -0.0845 e. The lowest BCUT2D eigenvalue weighted by Crippen LogP contribution is -2.50. The number of unbranched alkanes of at least 4 members (excludes halogenated alkanes) is 3. The van der Waals surface area contributed by atoms with Crippen LogP contribution in [0.3, 0.4) is 0 Å². The van der Waals surface area contributed by atoms with Crippen molar-refractivity contribution in [2.45, 2.75) is 166 Å². The van der Waals surface area contributed by atoms with E-state index < -0.39 is 0 Å². The third kappa shape index (κ3) is 7.23. The second-order valence-corrected chi connectivity index (χ2v) is 14.3. The van der Waals surface area contributed by atoms with Gasteiger partial charge < -0.3 is 0 Å². The number of hydrogen-bond acceptors (Lipinski definition) is 0. The normalized spacial score (nSPS) is 37.9. The molecular formula is C36H68. The van der Waals surface area contributed by atoms with E-state index >= 15 is 0 Å². The predicted molar refractivity (Wildman–Crippen MR) is 163 cm³/mol. The molecule has 0 spiro atoms. The lowest BCUT2D eigenvalue weighted by atomic mass is 9.46. The standard InChI is InChI=1S/C28H48.C6H14.C2H6/c1-19(2)8-7-9-21(4)24-12-13-25-23-11-10-22-18-20(3)14-16-27(22,5)26(23)15-17-28(24,25)6;1-3-5-6-4-2;1-2/h10,19-21,23-26H,7-9,11-18H2,1-6H3;3-6H2,1-2H3;1-2H3/t20-,21?,23?,24?,25?,26?,27-,28+;;/m1../s1. The van der Waals surface area contributed by atoms with Crippen molar-refractivity contribution in [1.29, 1.82) is 0 Å². The highest BCUT2D eigenvalue weighted by molar-refractivity contribution is 5.25. The van der Waals surface area contributed by atoms with Gasteiger partial charge in [-0.1, -0.05) is 126 Å². The van der Waals surface area contributed by atoms with E-state index in [0.29, 0.717) is 10.8 Å². The summed E-state index contributed by atoms with van der Waals surface area (Å²) >= 11 is 0. The second-order valence-electron chi connectivity index (χ2n) is 14.3. The zero-order chi connectivity index (χ0) is 26.9. The topological polar surface area (TPSA) is 0 Å². The van der Waals surface area contributed by atoms with Crippen molar-refractivity contribution in [2.75, 3.05) is 0 Å². The van der Waals surface area contributed by atoms with Gasteiger partial charge in [0, 0.05) is 0 Å². The molecule has 0 amide bonds. The van der Waals surface area contributed by atoms with Crippen LogP contribution in [-0.2, 0) is 0 Å². The van der Waals surface area contributed by atoms with Crippen LogP contribution in [0.5, 0.6) is 0 Å². The first kappa shape index (κ1) is 32.0. The van der Waals surface area contributed by atoms with Crippen LogP contribution in [0.2, 0.25) is 0 Å². The van der Waals surface area contributed by atoms with E-state index in [-0.39, 0.29) is 0 Å². The van der Waals surface area contributed by atoms with Crippen LogP contribution in [0.1, 0.15) is 166 Å². The summed E-state index contributed by atoms with van der Waals surface area (Å²) in [4.78, 5) is 0. The molecule has 212 valence electrons. The molecule has 5 unspecified atom stereocenters. The van der Waals surface area contributed by atoms with Crippen LogP contribution in [0.25, 0.3) is 0 Å². The summed E-state index contributed by atoms with van der Waals surface area (Å²) in [7, 11) is 0. The second kappa shape index (κ2) is 14.8. The van der Waals surface area contributed by atoms with E-state index in [1.54, 1.807) is 0 Å². The van der Waals surface area contributed by atoms with E-state index in [2.05, 4.69) is 61.5 Å². The van der Waals surface area contributed by atoms with Gasteiger partial charge in [-0.25, -0.2) is 0 Å². The van der Waals surface area contributed by atoms with Gasteiger partial charge in [0.2, 0.25) is 0 Å². The van der Waals surface area contributed by atoms with Crippen molar-refractivity contribution in [3.63, 3.8) is 0 Å². The molecule has 0 heterocycles. The molecule has 0 nitrogen and oxygen atoms in total. The summed E-state index contributed by atoms with van der Waals surface area (Å²) in [6.45, 7) is 23.7. The lowest BCUT2D eigenvalue weighted by Gasteiger charge is -2.58. The molecule has 36 heavy (non-hydrogen) atoms. The van der Waals surface area contributed by atoms with E-state index in [1.807, 2.05) is 19.4 Å². The van der Waals surface area contributed by atoms with Crippen LogP contribution in [0.4, 0.5) is 0 Å². The first-order valence-corrected chi connectivity index (χ1v) is 16.9. The van der Waals surface area contributed by atoms with Crippen molar-refractivity contribution < 1.29 is 0 Å². The molecule has 3 saturated carbocycles. The van der Waals surface area contributed by atoms with Gasteiger partial charge in [-0.05, 0) is 104 Å². The molecule has 0 heteroatoms. The fourth-order valence-electron chi connectivity index (χ4n) is 9.37. The Morgan fingerprint density at radius 3 is 2.11 bits per heavy atom. The van der Waals surface area contributed by atoms with Crippen LogP contribution in [0.15, 0.2) is 11.6 Å². The van der Waals surface area contributed by atoms with E-state index in [1.165, 1.54) is 96.3 Å². The number of allylic oxidation sites excluding steroid dienone is 2. The Labute approximate surface area is 229 Å². The first-order chi connectivity index (χ1) is 17.2. The molecule has 4 aliphatic carbocycles. The molecular weight excluding hydrogens is 432 g/mol. The minimum atomic E-state index is 0.553. The summed E-state index contributed by atoms with van der Waals surface area (Å²) in [5.41, 5.74) is 3.06. The molecule has 4 rings (SSSR count). The molecule has 0 aromatic heterocycles. The minimum absolute atomic E-state index is 0.553. The Morgan fingerprint density at radius 1 is 0.833 bits per heavy atom. The SMILES string of the molecule is CC.CC(C)CCCC(C)C1CCC2C3CC=C4C[C@H](C)CC[C@@]4(C)C3CC[C@@]12C.CCCCCC. The lowest BCUT2D eigenvalue weighted by molar-refractivity contribution is -0.0523. The zero-order valence-corrected chi connectivity index (χ0v) is 26.7. The maximum absolute atomic E-state index is 2.75. The Kier molecular flexibility index (Phi) is 13.1. The van der Waals surface area contributed by atoms with Crippen molar-refractivity contribution in [3.05, 3.63) is 11.6 Å². The molecule has 0 radical (unpaired) electrons. The third-order valence-electron chi connectivity index (χ3n) is 11.5. The van der Waals surface area contributed by atoms with Crippen molar-refractivity contribution in [3.8, 4) is 0 Å². The van der Waals surface area contributed by atoms with Gasteiger partial charge >= 0.3 is 0 Å². The van der Waals surface area contributed by atoms with Gasteiger partial charge in [0.05, 0.1) is 0 Å². The van der Waals surface area contributed by atoms with Gasteiger partial charge in [-0.3, -0.25) is 0 Å². The molecule has 0 aliphatic heterocycles. The van der Waals surface area contributed by atoms with E-state index in [9.17, 15) is 0 Å². The molecule has 0 aromatic rings. The zero-order valence-electron chi connectivity index (χ0n) is 26.7. The summed E-state index contributed by atoms with van der Waals surface area (Å²) < 4.78 is 0. The Hall–Kier alpha value is -0.260. The summed E-state index contributed by atoms with van der Waals surface area (Å²) in [5, 5.41) is 0. The Balaban J connectivity index is 0.000000502. The summed E-state index contributed by atoms with van der Waals surface area (Å²) in [6.07, 6.45) is 24.5. The summed E-state index contributed by atoms with van der Waals surface area (Å²) in [6, 6.07) is 0. The quantitative estimate of drug-likeness (QED) is 0.229. The average molecular weight is 501 g/mol. The average Bonchev–Trinajstić information content (AvgIpc) is 3.22. The third-order valence-corrected chi connectivity index (χ3v) is 11.5. The van der Waals surface area contributed by atoms with Gasteiger partial charge in [0.25, 0.3) is 0 Å². The largest absolute Gasteiger partial charge is 0.0845 e. The van der Waals surface area contributed by atoms with Crippen LogP contribution in [0, 0.1) is 52.3 Å². The highest BCUT2D eigenvalue weighted by Gasteiger charge is 2.58. The highest BCUT2D eigenvalue weighted by atomic mass is 14.6. The van der Waals surface area contributed by atoms with Gasteiger partial charge in [-0.2, -0.15) is 0 Å². The van der Waals surface area contributed by atoms with Gasteiger partial charge in [0.1, 0.15) is 0 Å². The predicted octanol–water partition coefficient (Wildman–Crippen LogP) is 12.3. The molecule has 0 bridgehead atoms. The van der Waals surface area contributed by atoms with Crippen molar-refractivity contribution in [2.24, 2.45) is 52.3 Å². The van der Waals surface area contributed by atoms with Crippen molar-refractivity contribution in [1.82, 2.24) is 0 Å². The molecule has 0 N–H and O–H groups in total. The number of hydrogen-bond donors (Lipinski definition) is 0. The first-order valence-electron chi connectivity index (χ1n) is 16.9. The van der Waals surface area contributed by atoms with Crippen LogP contribution in [-0.4, -0.2) is 0 Å². The smallest absolute Gasteiger partial charge is 0.00851 e. The Morgan fingerprint density at radius 2 is 1.50 bits per heavy atom. The molecule has 8 atom stereocenters. The number of fused-ring (bicyclic) bond motifs is 5. The van der Waals surface area contributed by atoms with Gasteiger partial charge in [-0.15, -0.1) is 0 Å².